The molecule has 0 amide bonds. The Kier molecular flexibility index (Phi) is 6.59. The van der Waals surface area contributed by atoms with E-state index in [1.807, 2.05) is 12.1 Å². The van der Waals surface area contributed by atoms with Crippen LogP contribution in [-0.2, 0) is 23.0 Å². The summed E-state index contributed by atoms with van der Waals surface area (Å²) in [5.41, 5.74) is 2.37. The van der Waals surface area contributed by atoms with Crippen LogP contribution in [0, 0.1) is 21.4 Å². The highest BCUT2D eigenvalue weighted by Crippen LogP contribution is 2.24. The van der Waals surface area contributed by atoms with Gasteiger partial charge < -0.3 is 0 Å². The Morgan fingerprint density at radius 3 is 2.72 bits per heavy atom. The summed E-state index contributed by atoms with van der Waals surface area (Å²) in [6.07, 6.45) is 2.31. The lowest BCUT2D eigenvalue weighted by molar-refractivity contribution is -0.385. The van der Waals surface area contributed by atoms with Crippen LogP contribution in [0.3, 0.4) is 0 Å². The van der Waals surface area contributed by atoms with Crippen molar-refractivity contribution in [3.05, 3.63) is 69.3 Å². The van der Waals surface area contributed by atoms with Crippen LogP contribution < -0.4 is 4.72 Å². The number of unbranched alkanes of at least 4 members (excludes halogenated alkanes) is 1. The van der Waals surface area contributed by atoms with Crippen molar-refractivity contribution in [1.29, 1.82) is 5.26 Å². The van der Waals surface area contributed by atoms with Gasteiger partial charge in [-0.05, 0) is 49.1 Å². The lowest BCUT2D eigenvalue weighted by Gasteiger charge is -2.28. The molecule has 152 valence electrons. The number of nitriles is 1. The normalized spacial score (nSPS) is 14.2. The van der Waals surface area contributed by atoms with Crippen LogP contribution >= 0.6 is 0 Å². The largest absolute Gasteiger partial charge is 0.299 e. The molecule has 0 aliphatic carbocycles. The van der Waals surface area contributed by atoms with Gasteiger partial charge in [0.1, 0.15) is 6.07 Å². The summed E-state index contributed by atoms with van der Waals surface area (Å²) in [6, 6.07) is 13.0. The van der Waals surface area contributed by atoms with Gasteiger partial charge in [-0.15, -0.1) is 0 Å². The van der Waals surface area contributed by atoms with Crippen LogP contribution in [0.5, 0.6) is 0 Å². The Hall–Kier alpha value is -2.80. The molecule has 9 heteroatoms. The van der Waals surface area contributed by atoms with E-state index in [4.69, 9.17) is 5.26 Å². The number of nitrogens with one attached hydrogen (secondary N) is 1. The minimum atomic E-state index is -3.71. The molecule has 1 heterocycles. The van der Waals surface area contributed by atoms with Crippen LogP contribution in [0.1, 0.15) is 29.5 Å². The molecule has 0 spiro atoms. The maximum absolute atomic E-state index is 12.4. The number of nitrogens with zero attached hydrogens (tertiary/aromatic N) is 3. The van der Waals surface area contributed by atoms with Crippen LogP contribution in [0.4, 0.5) is 5.69 Å². The molecule has 0 saturated carbocycles. The molecule has 8 nitrogen and oxygen atoms in total. The van der Waals surface area contributed by atoms with Crippen molar-refractivity contribution in [3.8, 4) is 6.07 Å². The first kappa shape index (κ1) is 20.9. The third-order valence-electron chi connectivity index (χ3n) is 4.98. The Bertz CT molecular complexity index is 1050. The molecule has 2 aromatic carbocycles. The number of nitro groups is 1. The number of nitro benzene ring substituents is 1. The molecule has 0 fully saturated rings. The number of hydrogen-bond acceptors (Lipinski definition) is 6. The van der Waals surface area contributed by atoms with Gasteiger partial charge in [0.05, 0.1) is 15.4 Å². The van der Waals surface area contributed by atoms with E-state index in [0.717, 1.165) is 37.1 Å². The average Bonchev–Trinajstić information content (AvgIpc) is 2.72. The van der Waals surface area contributed by atoms with Crippen LogP contribution in [0.2, 0.25) is 0 Å². The van der Waals surface area contributed by atoms with Gasteiger partial charge in [0.2, 0.25) is 10.0 Å². The first-order valence-corrected chi connectivity index (χ1v) is 10.9. The molecule has 0 bridgehead atoms. The molecule has 0 radical (unpaired) electrons. The Morgan fingerprint density at radius 2 is 1.97 bits per heavy atom. The van der Waals surface area contributed by atoms with Crippen LogP contribution in [-0.4, -0.2) is 37.9 Å². The van der Waals surface area contributed by atoms with Crippen LogP contribution in [0.15, 0.2) is 47.4 Å². The van der Waals surface area contributed by atoms with Crippen molar-refractivity contribution in [2.45, 2.75) is 30.7 Å². The highest BCUT2D eigenvalue weighted by molar-refractivity contribution is 7.89. The summed E-state index contributed by atoms with van der Waals surface area (Å²) in [6.45, 7) is 2.63. The van der Waals surface area contributed by atoms with Gasteiger partial charge in [0.15, 0.2) is 0 Å². The van der Waals surface area contributed by atoms with Crippen molar-refractivity contribution in [2.75, 3.05) is 19.6 Å². The molecule has 2 aromatic rings. The molecular formula is C20H22N4O4S. The summed E-state index contributed by atoms with van der Waals surface area (Å²) in [4.78, 5) is 12.8. The molecular weight excluding hydrogens is 392 g/mol. The highest BCUT2D eigenvalue weighted by atomic mass is 32.2. The summed E-state index contributed by atoms with van der Waals surface area (Å²) >= 11 is 0. The smallest absolute Gasteiger partial charge is 0.269 e. The van der Waals surface area contributed by atoms with Crippen LogP contribution in [0.25, 0.3) is 0 Å². The first-order valence-electron chi connectivity index (χ1n) is 9.38. The third kappa shape index (κ3) is 5.17. The summed E-state index contributed by atoms with van der Waals surface area (Å²) < 4.78 is 27.3. The molecule has 29 heavy (non-hydrogen) atoms. The van der Waals surface area contributed by atoms with Gasteiger partial charge in [-0.1, -0.05) is 18.2 Å². The Balaban J connectivity index is 1.47. The second kappa shape index (κ2) is 9.13. The van der Waals surface area contributed by atoms with E-state index in [1.54, 1.807) is 24.3 Å². The summed E-state index contributed by atoms with van der Waals surface area (Å²) in [5.74, 6) is 0. The van der Waals surface area contributed by atoms with E-state index >= 15 is 0 Å². The predicted octanol–water partition coefficient (Wildman–Crippen LogP) is 2.58. The molecule has 0 aromatic heterocycles. The van der Waals surface area contributed by atoms with Gasteiger partial charge in [0, 0.05) is 31.8 Å². The van der Waals surface area contributed by atoms with E-state index in [2.05, 4.69) is 9.62 Å². The van der Waals surface area contributed by atoms with E-state index < -0.39 is 10.0 Å². The molecule has 0 saturated heterocycles. The maximum Gasteiger partial charge on any atom is 0.269 e. The Morgan fingerprint density at radius 1 is 1.17 bits per heavy atom. The van der Waals surface area contributed by atoms with Gasteiger partial charge in [-0.3, -0.25) is 15.0 Å². The lowest BCUT2D eigenvalue weighted by atomic mass is 9.99. The zero-order chi connectivity index (χ0) is 20.9. The summed E-state index contributed by atoms with van der Waals surface area (Å²) in [7, 11) is -3.71. The fourth-order valence-electron chi connectivity index (χ4n) is 3.44. The average molecular weight is 414 g/mol. The molecule has 1 aliphatic heterocycles. The van der Waals surface area contributed by atoms with Crippen molar-refractivity contribution in [1.82, 2.24) is 9.62 Å². The van der Waals surface area contributed by atoms with E-state index in [9.17, 15) is 18.5 Å². The van der Waals surface area contributed by atoms with Crippen molar-refractivity contribution >= 4 is 15.7 Å². The fourth-order valence-corrected chi connectivity index (χ4v) is 4.67. The van der Waals surface area contributed by atoms with Crippen molar-refractivity contribution in [3.63, 3.8) is 0 Å². The number of hydrogen-bond donors (Lipinski definition) is 1. The maximum atomic E-state index is 12.4. The molecule has 1 aliphatic rings. The number of non-ortho nitro benzene ring substituents is 1. The van der Waals surface area contributed by atoms with Gasteiger partial charge in [-0.2, -0.15) is 5.26 Å². The second-order valence-corrected chi connectivity index (χ2v) is 8.68. The zero-order valence-electron chi connectivity index (χ0n) is 15.9. The second-order valence-electron chi connectivity index (χ2n) is 6.95. The Labute approximate surface area is 170 Å². The molecule has 0 atom stereocenters. The zero-order valence-corrected chi connectivity index (χ0v) is 16.7. The van der Waals surface area contributed by atoms with E-state index in [1.165, 1.54) is 12.1 Å². The standard InChI is InChI=1S/C20H22N4O4S/c21-14-17-5-1-2-6-20(17)29(27,28)22-10-3-4-11-23-12-9-16-7-8-19(24(25)26)13-18(16)15-23/h1-2,5-8,13,22H,3-4,9-12,15H2. The van der Waals surface area contributed by atoms with Gasteiger partial charge in [0.25, 0.3) is 5.69 Å². The predicted molar refractivity (Wildman–Crippen MR) is 108 cm³/mol. The molecule has 0 unspecified atom stereocenters. The fraction of sp³-hybridized carbons (Fsp3) is 0.350. The topological polar surface area (TPSA) is 116 Å². The lowest BCUT2D eigenvalue weighted by Crippen LogP contribution is -2.32. The number of rotatable bonds is 8. The number of fused-ring (bicyclic) bond motifs is 1. The quantitative estimate of drug-likeness (QED) is 0.403. The SMILES string of the molecule is N#Cc1ccccc1S(=O)(=O)NCCCCN1CCc2ccc([N+](=O)[O-])cc2C1. The van der Waals surface area contributed by atoms with Gasteiger partial charge in [-0.25, -0.2) is 13.1 Å². The first-order chi connectivity index (χ1) is 13.9. The number of benzene rings is 2. The minimum absolute atomic E-state index is 0.00303. The van der Waals surface area contributed by atoms with Crippen molar-refractivity contribution < 1.29 is 13.3 Å². The third-order valence-corrected chi connectivity index (χ3v) is 6.50. The monoisotopic (exact) mass is 414 g/mol. The number of sulfonamides is 1. The van der Waals surface area contributed by atoms with Crippen molar-refractivity contribution in [2.24, 2.45) is 0 Å². The van der Waals surface area contributed by atoms with Gasteiger partial charge >= 0.3 is 0 Å². The van der Waals surface area contributed by atoms with E-state index in [0.29, 0.717) is 13.0 Å². The molecule has 1 N–H and O–H groups in total. The summed E-state index contributed by atoms with van der Waals surface area (Å²) in [5, 5.41) is 20.0. The molecule has 3 rings (SSSR count). The van der Waals surface area contributed by atoms with E-state index in [-0.39, 0.29) is 27.6 Å². The minimum Gasteiger partial charge on any atom is -0.299 e. The highest BCUT2D eigenvalue weighted by Gasteiger charge is 2.20.